The highest BCUT2D eigenvalue weighted by Crippen LogP contribution is 2.27. The molecule has 0 fully saturated rings. The maximum atomic E-state index is 11.2. The Labute approximate surface area is 106 Å². The Balaban J connectivity index is 2.76. The Hall–Kier alpha value is -1.26. The number of nitrogens with two attached hydrogens (primary N) is 1. The smallest absolute Gasteiger partial charge is 0.307 e. The Morgan fingerprint density at radius 1 is 1.47 bits per heavy atom. The summed E-state index contributed by atoms with van der Waals surface area (Å²) < 4.78 is 10.2. The van der Waals surface area contributed by atoms with Crippen LogP contribution in [0, 0.1) is 6.92 Å². The molecule has 4 nitrogen and oxygen atoms in total. The molecule has 2 N–H and O–H groups in total. The largest absolute Gasteiger partial charge is 0.496 e. The number of hydrogen-bond acceptors (Lipinski definition) is 4. The lowest BCUT2D eigenvalue weighted by molar-refractivity contribution is -0.144. The van der Waals surface area contributed by atoms with Crippen LogP contribution >= 0.6 is 11.6 Å². The monoisotopic (exact) mass is 257 g/mol. The van der Waals surface area contributed by atoms with Gasteiger partial charge < -0.3 is 15.2 Å². The molecule has 1 rings (SSSR count). The second-order valence-corrected chi connectivity index (χ2v) is 4.02. The summed E-state index contributed by atoms with van der Waals surface area (Å²) in [6.45, 7) is 2.31. The van der Waals surface area contributed by atoms with E-state index in [1.54, 1.807) is 13.2 Å². The van der Waals surface area contributed by atoms with Gasteiger partial charge in [0, 0.05) is 17.1 Å². The van der Waals surface area contributed by atoms with E-state index in [4.69, 9.17) is 26.8 Å². The molecule has 0 spiro atoms. The molecule has 0 saturated heterocycles. The molecule has 0 saturated carbocycles. The minimum atomic E-state index is -0.328. The number of aryl methyl sites for hydroxylation is 1. The topological polar surface area (TPSA) is 61.5 Å². The van der Waals surface area contributed by atoms with Crippen molar-refractivity contribution >= 4 is 17.6 Å². The van der Waals surface area contributed by atoms with E-state index in [0.29, 0.717) is 10.8 Å². The number of benzene rings is 1. The van der Waals surface area contributed by atoms with Gasteiger partial charge in [0.2, 0.25) is 0 Å². The number of rotatable bonds is 5. The van der Waals surface area contributed by atoms with Gasteiger partial charge in [-0.1, -0.05) is 11.6 Å². The fraction of sp³-hybridized carbons (Fsp3) is 0.417. The summed E-state index contributed by atoms with van der Waals surface area (Å²) in [6, 6.07) is 3.56. The minimum absolute atomic E-state index is 0.141. The van der Waals surface area contributed by atoms with Crippen LogP contribution in [0.25, 0.3) is 0 Å². The van der Waals surface area contributed by atoms with Crippen molar-refractivity contribution in [3.63, 3.8) is 0 Å². The molecule has 0 aliphatic carbocycles. The van der Waals surface area contributed by atoms with Crippen molar-refractivity contribution in [3.05, 3.63) is 28.3 Å². The van der Waals surface area contributed by atoms with Crippen LogP contribution in [0.5, 0.6) is 5.75 Å². The van der Waals surface area contributed by atoms with Crippen molar-refractivity contribution in [3.8, 4) is 5.75 Å². The Kier molecular flexibility index (Phi) is 5.25. The van der Waals surface area contributed by atoms with E-state index < -0.39 is 0 Å². The number of ether oxygens (including phenoxy) is 2. The first-order valence-corrected chi connectivity index (χ1v) is 5.65. The van der Waals surface area contributed by atoms with E-state index >= 15 is 0 Å². The van der Waals surface area contributed by atoms with Crippen LogP contribution in [-0.4, -0.2) is 19.6 Å². The first-order valence-electron chi connectivity index (χ1n) is 5.27. The van der Waals surface area contributed by atoms with Gasteiger partial charge in [0.15, 0.2) is 0 Å². The molecule has 17 heavy (non-hydrogen) atoms. The fourth-order valence-corrected chi connectivity index (χ4v) is 1.53. The van der Waals surface area contributed by atoms with E-state index in [-0.39, 0.29) is 25.5 Å². The van der Waals surface area contributed by atoms with Gasteiger partial charge in [-0.25, -0.2) is 0 Å². The second kappa shape index (κ2) is 6.47. The third-order valence-electron chi connectivity index (χ3n) is 2.30. The van der Waals surface area contributed by atoms with Gasteiger partial charge in [0.25, 0.3) is 0 Å². The highest BCUT2D eigenvalue weighted by Gasteiger charge is 2.09. The quantitative estimate of drug-likeness (QED) is 0.820. The highest BCUT2D eigenvalue weighted by atomic mass is 35.5. The summed E-state index contributed by atoms with van der Waals surface area (Å²) in [5.74, 6) is 0.332. The molecule has 1 aromatic carbocycles. The van der Waals surface area contributed by atoms with Crippen LogP contribution in [0.2, 0.25) is 5.02 Å². The van der Waals surface area contributed by atoms with Gasteiger partial charge >= 0.3 is 5.97 Å². The molecule has 0 aromatic heterocycles. The lowest BCUT2D eigenvalue weighted by atomic mass is 10.1. The molecule has 0 aliphatic rings. The number of hydrogen-bond donors (Lipinski definition) is 1. The number of esters is 1. The minimum Gasteiger partial charge on any atom is -0.496 e. The van der Waals surface area contributed by atoms with Gasteiger partial charge in [0.05, 0.1) is 13.5 Å². The lowest BCUT2D eigenvalue weighted by Crippen LogP contribution is -2.11. The number of methoxy groups -OCH3 is 1. The van der Waals surface area contributed by atoms with Crippen molar-refractivity contribution in [2.24, 2.45) is 5.73 Å². The van der Waals surface area contributed by atoms with Crippen LogP contribution in [0.15, 0.2) is 12.1 Å². The average molecular weight is 258 g/mol. The normalized spacial score (nSPS) is 10.1. The predicted octanol–water partition coefficient (Wildman–Crippen LogP) is 2.05. The zero-order chi connectivity index (χ0) is 12.8. The summed E-state index contributed by atoms with van der Waals surface area (Å²) in [5, 5.41) is 0.621. The van der Waals surface area contributed by atoms with Crippen molar-refractivity contribution in [2.45, 2.75) is 20.0 Å². The first kappa shape index (κ1) is 13.8. The van der Waals surface area contributed by atoms with Gasteiger partial charge in [-0.15, -0.1) is 0 Å². The van der Waals surface area contributed by atoms with E-state index in [2.05, 4.69) is 0 Å². The summed E-state index contributed by atoms with van der Waals surface area (Å²) in [4.78, 5) is 11.2. The fourth-order valence-electron chi connectivity index (χ4n) is 1.35. The molecular formula is C12H16ClNO3. The Morgan fingerprint density at radius 2 is 2.18 bits per heavy atom. The maximum Gasteiger partial charge on any atom is 0.307 e. The Bertz CT molecular complexity index is 407. The molecule has 0 aliphatic heterocycles. The van der Waals surface area contributed by atoms with E-state index in [1.165, 1.54) is 0 Å². The average Bonchev–Trinajstić information content (AvgIpc) is 2.30. The standard InChI is InChI=1S/C12H16ClNO3/c1-8-5-11(16-2)9(6-10(8)13)7-17-12(15)3-4-14/h5-6H,3-4,7,14H2,1-2H3. The van der Waals surface area contributed by atoms with Crippen molar-refractivity contribution < 1.29 is 14.3 Å². The number of halogens is 1. The van der Waals surface area contributed by atoms with Gasteiger partial charge in [0.1, 0.15) is 12.4 Å². The number of carbonyl (C=O) groups is 1. The number of carbonyl (C=O) groups excluding carboxylic acids is 1. The second-order valence-electron chi connectivity index (χ2n) is 3.61. The van der Waals surface area contributed by atoms with E-state index in [1.807, 2.05) is 13.0 Å². The summed E-state index contributed by atoms with van der Waals surface area (Å²) >= 11 is 6.00. The SMILES string of the molecule is COc1cc(C)c(Cl)cc1COC(=O)CCN. The van der Waals surface area contributed by atoms with Crippen LogP contribution in [0.4, 0.5) is 0 Å². The molecule has 94 valence electrons. The van der Waals surface area contributed by atoms with Gasteiger partial charge in [-0.2, -0.15) is 0 Å². The first-order chi connectivity index (χ1) is 8.08. The van der Waals surface area contributed by atoms with Crippen LogP contribution in [0.1, 0.15) is 17.5 Å². The van der Waals surface area contributed by atoms with Crippen molar-refractivity contribution in [1.29, 1.82) is 0 Å². The zero-order valence-corrected chi connectivity index (χ0v) is 10.7. The van der Waals surface area contributed by atoms with Crippen LogP contribution in [0.3, 0.4) is 0 Å². The van der Waals surface area contributed by atoms with Gasteiger partial charge in [-0.3, -0.25) is 4.79 Å². The molecule has 0 bridgehead atoms. The summed E-state index contributed by atoms with van der Waals surface area (Å²) in [7, 11) is 1.56. The molecular weight excluding hydrogens is 242 g/mol. The molecule has 0 radical (unpaired) electrons. The van der Waals surface area contributed by atoms with E-state index in [9.17, 15) is 4.79 Å². The predicted molar refractivity (Wildman–Crippen MR) is 66.2 cm³/mol. The maximum absolute atomic E-state index is 11.2. The van der Waals surface area contributed by atoms with Crippen LogP contribution in [-0.2, 0) is 16.1 Å². The molecule has 5 heteroatoms. The third kappa shape index (κ3) is 3.91. The Morgan fingerprint density at radius 3 is 2.76 bits per heavy atom. The molecule has 0 unspecified atom stereocenters. The third-order valence-corrected chi connectivity index (χ3v) is 2.71. The van der Waals surface area contributed by atoms with Crippen molar-refractivity contribution in [1.82, 2.24) is 0 Å². The van der Waals surface area contributed by atoms with Gasteiger partial charge in [-0.05, 0) is 24.6 Å². The summed E-state index contributed by atoms with van der Waals surface area (Å²) in [6.07, 6.45) is 0.210. The zero-order valence-electron chi connectivity index (χ0n) is 9.96. The molecule has 0 amide bonds. The van der Waals surface area contributed by atoms with Crippen molar-refractivity contribution in [2.75, 3.05) is 13.7 Å². The lowest BCUT2D eigenvalue weighted by Gasteiger charge is -2.11. The molecule has 1 aromatic rings. The highest BCUT2D eigenvalue weighted by molar-refractivity contribution is 6.31. The summed E-state index contributed by atoms with van der Waals surface area (Å²) in [5.41, 5.74) is 6.91. The molecule has 0 heterocycles. The molecule has 0 atom stereocenters. The van der Waals surface area contributed by atoms with E-state index in [0.717, 1.165) is 11.1 Å². The van der Waals surface area contributed by atoms with Crippen LogP contribution < -0.4 is 10.5 Å².